The Morgan fingerprint density at radius 1 is 1.07 bits per heavy atom. The van der Waals surface area contributed by atoms with Gasteiger partial charge in [0.15, 0.2) is 11.5 Å². The summed E-state index contributed by atoms with van der Waals surface area (Å²) in [6.07, 6.45) is -1.14. The Kier molecular flexibility index (Phi) is 6.38. The van der Waals surface area contributed by atoms with Crippen LogP contribution in [0.4, 0.5) is 13.2 Å². The molecule has 4 nitrogen and oxygen atoms in total. The summed E-state index contributed by atoms with van der Waals surface area (Å²) in [6.45, 7) is -0.0488. The average molecular weight is 410 g/mol. The van der Waals surface area contributed by atoms with E-state index in [1.165, 1.54) is 13.2 Å². The van der Waals surface area contributed by atoms with Crippen LogP contribution in [0.1, 0.15) is 22.4 Å². The third-order valence-electron chi connectivity index (χ3n) is 4.21. The van der Waals surface area contributed by atoms with Crippen LogP contribution < -0.4 is 9.47 Å². The number of rotatable bonds is 6. The maximum Gasteiger partial charge on any atom is 0.416 e. The molecule has 0 atom stereocenters. The van der Waals surface area contributed by atoms with Gasteiger partial charge in [0, 0.05) is 6.20 Å². The number of benzene rings is 2. The molecule has 0 aliphatic heterocycles. The molecule has 0 bridgehead atoms. The van der Waals surface area contributed by atoms with E-state index in [0.717, 1.165) is 12.1 Å². The lowest BCUT2D eigenvalue weighted by Crippen LogP contribution is -2.06. The minimum Gasteiger partial charge on any atom is -0.493 e. The molecule has 2 aromatic carbocycles. The highest BCUT2D eigenvalue weighted by atomic mass is 19.4. The van der Waals surface area contributed by atoms with Crippen LogP contribution in [0.5, 0.6) is 11.5 Å². The van der Waals surface area contributed by atoms with Crippen LogP contribution in [0, 0.1) is 11.3 Å². The predicted octanol–water partition coefficient (Wildman–Crippen LogP) is 5.75. The number of aromatic nitrogens is 1. The first-order chi connectivity index (χ1) is 14.4. The van der Waals surface area contributed by atoms with Crippen LogP contribution in [0.25, 0.3) is 11.6 Å². The average Bonchev–Trinajstić information content (AvgIpc) is 2.76. The molecule has 0 N–H and O–H groups in total. The molecule has 1 aromatic heterocycles. The van der Waals surface area contributed by atoms with E-state index < -0.39 is 11.7 Å². The van der Waals surface area contributed by atoms with Crippen molar-refractivity contribution in [2.24, 2.45) is 0 Å². The Morgan fingerprint density at radius 3 is 2.57 bits per heavy atom. The summed E-state index contributed by atoms with van der Waals surface area (Å²) >= 11 is 0. The quantitative estimate of drug-likeness (QED) is 0.486. The number of pyridine rings is 1. The molecule has 0 unspecified atom stereocenters. The van der Waals surface area contributed by atoms with Crippen molar-refractivity contribution in [3.05, 3.63) is 89.2 Å². The summed E-state index contributed by atoms with van der Waals surface area (Å²) in [5.74, 6) is 0.775. The third kappa shape index (κ3) is 5.17. The van der Waals surface area contributed by atoms with Gasteiger partial charge in [-0.1, -0.05) is 24.3 Å². The van der Waals surface area contributed by atoms with Crippen LogP contribution in [-0.4, -0.2) is 12.1 Å². The van der Waals surface area contributed by atoms with Crippen molar-refractivity contribution >= 4 is 11.6 Å². The fraction of sp³-hybridized carbons (Fsp3) is 0.130. The summed E-state index contributed by atoms with van der Waals surface area (Å²) in [5, 5.41) is 9.42. The number of hydrogen-bond acceptors (Lipinski definition) is 4. The summed E-state index contributed by atoms with van der Waals surface area (Å²) in [4.78, 5) is 4.17. The molecular weight excluding hydrogens is 393 g/mol. The van der Waals surface area contributed by atoms with E-state index in [4.69, 9.17) is 9.47 Å². The fourth-order valence-electron chi connectivity index (χ4n) is 2.74. The molecule has 0 radical (unpaired) electrons. The number of nitrogens with zero attached hydrogens (tertiary/aromatic N) is 2. The van der Waals surface area contributed by atoms with Gasteiger partial charge in [0.25, 0.3) is 0 Å². The van der Waals surface area contributed by atoms with Gasteiger partial charge in [0.2, 0.25) is 0 Å². The molecule has 1 heterocycles. The smallest absolute Gasteiger partial charge is 0.416 e. The van der Waals surface area contributed by atoms with Crippen molar-refractivity contribution in [1.29, 1.82) is 5.26 Å². The lowest BCUT2D eigenvalue weighted by atomic mass is 10.1. The molecule has 3 aromatic rings. The number of alkyl halides is 3. The van der Waals surface area contributed by atoms with E-state index >= 15 is 0 Å². The summed E-state index contributed by atoms with van der Waals surface area (Å²) < 4.78 is 49.6. The molecule has 152 valence electrons. The van der Waals surface area contributed by atoms with Gasteiger partial charge < -0.3 is 9.47 Å². The zero-order valence-electron chi connectivity index (χ0n) is 16.0. The molecule has 7 heteroatoms. The number of nitriles is 1. The standard InChI is InChI=1S/C23H17F3N2O2/c1-29-22-13-16(11-18(14-27)20-7-2-3-10-28-20)8-9-21(22)30-15-17-5-4-6-19(12-17)23(24,25)26/h2-13H,15H2,1H3. The zero-order valence-corrected chi connectivity index (χ0v) is 16.0. The van der Waals surface area contributed by atoms with Gasteiger partial charge in [-0.15, -0.1) is 0 Å². The molecule has 0 aliphatic rings. The second-order valence-corrected chi connectivity index (χ2v) is 6.28. The first-order valence-corrected chi connectivity index (χ1v) is 8.91. The van der Waals surface area contributed by atoms with Gasteiger partial charge in [0.05, 0.1) is 23.9 Å². The van der Waals surface area contributed by atoms with E-state index in [2.05, 4.69) is 11.1 Å². The number of ether oxygens (including phenoxy) is 2. The number of allylic oxidation sites excluding steroid dienone is 1. The van der Waals surface area contributed by atoms with Crippen LogP contribution >= 0.6 is 0 Å². The van der Waals surface area contributed by atoms with Gasteiger partial charge in [-0.25, -0.2) is 0 Å². The van der Waals surface area contributed by atoms with Crippen molar-refractivity contribution in [3.8, 4) is 17.6 Å². The molecule has 0 saturated carbocycles. The van der Waals surface area contributed by atoms with E-state index in [9.17, 15) is 18.4 Å². The molecule has 0 saturated heterocycles. The normalized spacial score (nSPS) is 11.6. The SMILES string of the molecule is COc1cc(C=C(C#N)c2ccccn2)ccc1OCc1cccc(C(F)(F)F)c1. The second kappa shape index (κ2) is 9.14. The van der Waals surface area contributed by atoms with E-state index in [1.807, 2.05) is 0 Å². The highest BCUT2D eigenvalue weighted by Crippen LogP contribution is 2.32. The Morgan fingerprint density at radius 2 is 1.90 bits per heavy atom. The third-order valence-corrected chi connectivity index (χ3v) is 4.21. The first-order valence-electron chi connectivity index (χ1n) is 8.91. The van der Waals surface area contributed by atoms with Gasteiger partial charge in [-0.2, -0.15) is 18.4 Å². The Labute approximate surface area is 171 Å². The Hall–Kier alpha value is -3.79. The monoisotopic (exact) mass is 410 g/mol. The van der Waals surface area contributed by atoms with E-state index in [1.54, 1.807) is 54.7 Å². The highest BCUT2D eigenvalue weighted by Gasteiger charge is 2.30. The zero-order chi connectivity index (χ0) is 21.6. The molecule has 0 fully saturated rings. The van der Waals surface area contributed by atoms with Crippen LogP contribution in [0.2, 0.25) is 0 Å². The van der Waals surface area contributed by atoms with E-state index in [-0.39, 0.29) is 6.61 Å². The molecule has 0 amide bonds. The molecule has 30 heavy (non-hydrogen) atoms. The summed E-state index contributed by atoms with van der Waals surface area (Å²) in [7, 11) is 1.46. The van der Waals surface area contributed by atoms with Crippen molar-refractivity contribution in [2.75, 3.05) is 7.11 Å². The molecule has 0 spiro atoms. The van der Waals surface area contributed by atoms with Crippen molar-refractivity contribution in [3.63, 3.8) is 0 Å². The van der Waals surface area contributed by atoms with Crippen LogP contribution in [0.15, 0.2) is 66.9 Å². The molecule has 0 aliphatic carbocycles. The largest absolute Gasteiger partial charge is 0.493 e. The molecular formula is C23H17F3N2O2. The lowest BCUT2D eigenvalue weighted by molar-refractivity contribution is -0.137. The fourth-order valence-corrected chi connectivity index (χ4v) is 2.74. The highest BCUT2D eigenvalue weighted by molar-refractivity contribution is 5.88. The van der Waals surface area contributed by atoms with Crippen molar-refractivity contribution < 1.29 is 22.6 Å². The van der Waals surface area contributed by atoms with Gasteiger partial charge in [-0.05, 0) is 53.6 Å². The maximum atomic E-state index is 12.9. The van der Waals surface area contributed by atoms with Gasteiger partial charge in [-0.3, -0.25) is 4.98 Å². The van der Waals surface area contributed by atoms with Crippen molar-refractivity contribution in [1.82, 2.24) is 4.98 Å². The summed E-state index contributed by atoms with van der Waals surface area (Å²) in [6, 6.07) is 17.4. The van der Waals surface area contributed by atoms with Crippen molar-refractivity contribution in [2.45, 2.75) is 12.8 Å². The number of methoxy groups -OCH3 is 1. The van der Waals surface area contributed by atoms with Gasteiger partial charge >= 0.3 is 6.18 Å². The lowest BCUT2D eigenvalue weighted by Gasteiger charge is -2.13. The Balaban J connectivity index is 1.80. The number of halogens is 3. The minimum atomic E-state index is -4.41. The van der Waals surface area contributed by atoms with Crippen LogP contribution in [0.3, 0.4) is 0 Å². The molecule has 3 rings (SSSR count). The minimum absolute atomic E-state index is 0.0488. The predicted molar refractivity (Wildman–Crippen MR) is 106 cm³/mol. The summed E-state index contributed by atoms with van der Waals surface area (Å²) in [5.41, 5.74) is 1.28. The second-order valence-electron chi connectivity index (χ2n) is 6.28. The van der Waals surface area contributed by atoms with E-state index in [0.29, 0.717) is 33.9 Å². The van der Waals surface area contributed by atoms with Gasteiger partial charge in [0.1, 0.15) is 12.7 Å². The Bertz CT molecular complexity index is 1090. The topological polar surface area (TPSA) is 55.1 Å². The first kappa shape index (κ1) is 20.9. The van der Waals surface area contributed by atoms with Crippen LogP contribution in [-0.2, 0) is 12.8 Å². The number of hydrogen-bond donors (Lipinski definition) is 0. The maximum absolute atomic E-state index is 12.9.